The molecule has 34 heavy (non-hydrogen) atoms. The molecule has 178 valence electrons. The highest BCUT2D eigenvalue weighted by Crippen LogP contribution is 2.38. The maximum Gasteiger partial charge on any atom is 0.446 e. The molecule has 2 aromatic carbocycles. The fourth-order valence-electron chi connectivity index (χ4n) is 2.93. The lowest BCUT2D eigenvalue weighted by Crippen LogP contribution is -2.27. The lowest BCUT2D eigenvalue weighted by Gasteiger charge is -2.22. The van der Waals surface area contributed by atoms with Crippen LogP contribution in [0, 0.1) is 18.3 Å². The Labute approximate surface area is 203 Å². The summed E-state index contributed by atoms with van der Waals surface area (Å²) in [6, 6.07) is 14.6. The van der Waals surface area contributed by atoms with Crippen molar-refractivity contribution in [2.75, 3.05) is 10.8 Å². The number of aromatic nitrogens is 1. The quantitative estimate of drug-likeness (QED) is 0.308. The van der Waals surface area contributed by atoms with Gasteiger partial charge >= 0.3 is 5.51 Å². The maximum absolute atomic E-state index is 12.8. The molecule has 3 rings (SSSR count). The first-order valence-electron chi connectivity index (χ1n) is 9.51. The van der Waals surface area contributed by atoms with Gasteiger partial charge in [0.1, 0.15) is 11.6 Å². The third-order valence-electron chi connectivity index (χ3n) is 4.37. The maximum atomic E-state index is 12.8. The number of hydrogen-bond donors (Lipinski definition) is 2. The van der Waals surface area contributed by atoms with E-state index in [0.717, 1.165) is 0 Å². The van der Waals surface area contributed by atoms with Crippen LogP contribution >= 0.6 is 23.1 Å². The van der Waals surface area contributed by atoms with Gasteiger partial charge in [0.15, 0.2) is 16.2 Å². The molecule has 1 aromatic heterocycles. The van der Waals surface area contributed by atoms with Crippen LogP contribution in [-0.4, -0.2) is 31.0 Å². The number of carbonyl (C=O) groups is 1. The van der Waals surface area contributed by atoms with E-state index in [2.05, 4.69) is 10.3 Å². The molecule has 7 nitrogen and oxygen atoms in total. The Morgan fingerprint density at radius 3 is 2.62 bits per heavy atom. The number of nitrogens with zero attached hydrogens (tertiary/aromatic N) is 3. The van der Waals surface area contributed by atoms with Gasteiger partial charge in [0.05, 0.1) is 18.2 Å². The molecule has 1 unspecified atom stereocenters. The number of halogens is 3. The van der Waals surface area contributed by atoms with Crippen molar-refractivity contribution in [1.82, 2.24) is 10.3 Å². The number of thioether (sulfide) groups is 1. The van der Waals surface area contributed by atoms with E-state index < -0.39 is 28.4 Å². The molecule has 0 aliphatic rings. The summed E-state index contributed by atoms with van der Waals surface area (Å²) in [5.74, 6) is -1.07. The van der Waals surface area contributed by atoms with Crippen molar-refractivity contribution in [1.29, 1.82) is 5.26 Å². The Morgan fingerprint density at radius 1 is 1.29 bits per heavy atom. The molecule has 0 saturated carbocycles. The number of nitrogens with one attached hydrogen (secondary N) is 1. The van der Waals surface area contributed by atoms with Crippen molar-refractivity contribution in [3.05, 3.63) is 70.2 Å². The first kappa shape index (κ1) is 25.7. The lowest BCUT2D eigenvalue weighted by atomic mass is 10.2. The molecular formula is C21H17F3N4O3S3. The lowest BCUT2D eigenvalue weighted by molar-refractivity contribution is -0.0328. The number of thiazole rings is 1. The van der Waals surface area contributed by atoms with Gasteiger partial charge in [-0.3, -0.25) is 4.79 Å². The Balaban J connectivity index is 1.96. The van der Waals surface area contributed by atoms with Crippen LogP contribution in [0.1, 0.15) is 26.5 Å². The van der Waals surface area contributed by atoms with E-state index in [9.17, 15) is 22.2 Å². The fraction of sp³-hybridized carbons (Fsp3) is 0.190. The highest BCUT2D eigenvalue weighted by molar-refractivity contribution is 8.00. The number of alkyl halides is 3. The van der Waals surface area contributed by atoms with Gasteiger partial charge in [-0.1, -0.05) is 12.1 Å². The number of hydrogen-bond acceptors (Lipinski definition) is 7. The second-order valence-corrected chi connectivity index (χ2v) is 10.1. The van der Waals surface area contributed by atoms with E-state index in [1.807, 2.05) is 6.07 Å². The SMILES string of the molecule is Cc1sc(N(Cc2cccc(SC(F)(F)F)c2)c2ccc(C#N)cc2)nc1C(=O)NCS(=O)O. The Kier molecular flexibility index (Phi) is 8.32. The van der Waals surface area contributed by atoms with Crippen molar-refractivity contribution in [3.8, 4) is 6.07 Å². The third-order valence-corrected chi connectivity index (χ3v) is 6.47. The number of anilines is 2. The summed E-state index contributed by atoms with van der Waals surface area (Å²) < 4.78 is 58.2. The summed E-state index contributed by atoms with van der Waals surface area (Å²) in [4.78, 5) is 19.1. The van der Waals surface area contributed by atoms with E-state index >= 15 is 0 Å². The van der Waals surface area contributed by atoms with Crippen molar-refractivity contribution >= 4 is 50.9 Å². The average Bonchev–Trinajstić information content (AvgIpc) is 3.16. The monoisotopic (exact) mass is 526 g/mol. The van der Waals surface area contributed by atoms with Crippen LogP contribution in [0.25, 0.3) is 0 Å². The number of rotatable bonds is 8. The van der Waals surface area contributed by atoms with E-state index in [-0.39, 0.29) is 28.9 Å². The van der Waals surface area contributed by atoms with Crippen LogP contribution in [0.3, 0.4) is 0 Å². The zero-order valence-corrected chi connectivity index (χ0v) is 19.9. The molecule has 3 aromatic rings. The predicted octanol–water partition coefficient (Wildman–Crippen LogP) is 5.18. The minimum atomic E-state index is -4.42. The van der Waals surface area contributed by atoms with Gasteiger partial charge in [-0.15, -0.1) is 11.3 Å². The summed E-state index contributed by atoms with van der Waals surface area (Å²) in [6.45, 7) is 1.82. The molecule has 1 atom stereocenters. The van der Waals surface area contributed by atoms with E-state index in [1.165, 1.54) is 29.5 Å². The molecule has 0 saturated heterocycles. The number of aryl methyl sites for hydroxylation is 1. The zero-order chi connectivity index (χ0) is 24.9. The van der Waals surface area contributed by atoms with Gasteiger partial charge < -0.3 is 14.8 Å². The standard InChI is InChI=1S/C21H17F3N4O3S3/c1-13-18(19(29)26-12-34(30)31)27-20(32-13)28(16-7-5-14(10-25)6-8-16)11-15-3-2-4-17(9-15)33-21(22,23)24/h2-9H,11-12H2,1H3,(H,26,29)(H,30,31). The molecule has 13 heteroatoms. The summed E-state index contributed by atoms with van der Waals surface area (Å²) >= 11 is -1.23. The minimum absolute atomic E-state index is 0.0390. The summed E-state index contributed by atoms with van der Waals surface area (Å²) in [6.07, 6.45) is 0. The van der Waals surface area contributed by atoms with E-state index in [0.29, 0.717) is 26.8 Å². The average molecular weight is 527 g/mol. The van der Waals surface area contributed by atoms with Crippen LogP contribution < -0.4 is 10.2 Å². The van der Waals surface area contributed by atoms with Crippen molar-refractivity contribution in [2.24, 2.45) is 0 Å². The van der Waals surface area contributed by atoms with Crippen LogP contribution in [0.15, 0.2) is 53.4 Å². The first-order chi connectivity index (χ1) is 16.1. The number of amides is 1. The Bertz CT molecular complexity index is 1240. The molecule has 2 N–H and O–H groups in total. The predicted molar refractivity (Wildman–Crippen MR) is 125 cm³/mol. The van der Waals surface area contributed by atoms with Crippen LogP contribution in [0.2, 0.25) is 0 Å². The second-order valence-electron chi connectivity index (χ2n) is 6.81. The van der Waals surface area contributed by atoms with Gasteiger partial charge in [-0.05, 0) is 60.6 Å². The Morgan fingerprint density at radius 2 is 2.00 bits per heavy atom. The van der Waals surface area contributed by atoms with Gasteiger partial charge in [-0.2, -0.15) is 18.4 Å². The van der Waals surface area contributed by atoms with Crippen molar-refractivity contribution in [3.63, 3.8) is 0 Å². The minimum Gasteiger partial charge on any atom is -0.337 e. The van der Waals surface area contributed by atoms with Crippen LogP contribution in [-0.2, 0) is 17.6 Å². The van der Waals surface area contributed by atoms with Crippen molar-refractivity contribution in [2.45, 2.75) is 23.9 Å². The molecule has 1 heterocycles. The largest absolute Gasteiger partial charge is 0.446 e. The number of carbonyl (C=O) groups excluding carboxylic acids is 1. The molecule has 0 spiro atoms. The molecule has 1 amide bonds. The highest BCUT2D eigenvalue weighted by atomic mass is 32.2. The fourth-order valence-corrected chi connectivity index (χ4v) is 4.73. The molecule has 0 fully saturated rings. The van der Waals surface area contributed by atoms with E-state index in [1.54, 1.807) is 42.2 Å². The third kappa shape index (κ3) is 7.04. The summed E-state index contributed by atoms with van der Waals surface area (Å²) in [7, 11) is 0. The number of benzene rings is 2. The van der Waals surface area contributed by atoms with Crippen LogP contribution in [0.4, 0.5) is 24.0 Å². The molecular weight excluding hydrogens is 509 g/mol. The first-order valence-corrected chi connectivity index (χ1v) is 12.4. The normalized spacial score (nSPS) is 12.1. The molecule has 0 bridgehead atoms. The second kappa shape index (κ2) is 11.0. The topological polar surface area (TPSA) is 106 Å². The summed E-state index contributed by atoms with van der Waals surface area (Å²) in [5, 5.41) is 11.8. The van der Waals surface area contributed by atoms with Gasteiger partial charge in [-0.25, -0.2) is 9.19 Å². The Hall–Kier alpha value is -2.92. The van der Waals surface area contributed by atoms with Crippen molar-refractivity contribution < 1.29 is 26.7 Å². The molecule has 0 radical (unpaired) electrons. The van der Waals surface area contributed by atoms with Gasteiger partial charge in [0.2, 0.25) is 0 Å². The van der Waals surface area contributed by atoms with E-state index in [4.69, 9.17) is 9.81 Å². The van der Waals surface area contributed by atoms with Gasteiger partial charge in [0.25, 0.3) is 5.91 Å². The summed E-state index contributed by atoms with van der Waals surface area (Å²) in [5.41, 5.74) is -2.72. The highest BCUT2D eigenvalue weighted by Gasteiger charge is 2.29. The van der Waals surface area contributed by atoms with Crippen LogP contribution in [0.5, 0.6) is 0 Å². The molecule has 0 aliphatic heterocycles. The zero-order valence-electron chi connectivity index (χ0n) is 17.5. The smallest absolute Gasteiger partial charge is 0.337 e. The molecule has 0 aliphatic carbocycles. The van der Waals surface area contributed by atoms with Gasteiger partial charge in [0, 0.05) is 15.5 Å². The number of nitriles is 1.